The molecule has 0 amide bonds. The number of aliphatic hydroxyl groups is 1. The number of nitrogens with two attached hydrogens (primary N) is 1. The summed E-state index contributed by atoms with van der Waals surface area (Å²) in [7, 11) is 0. The molecule has 1 saturated carbocycles. The maximum absolute atomic E-state index is 13.8. The van der Waals surface area contributed by atoms with Gasteiger partial charge in [-0.25, -0.2) is 4.39 Å². The molecule has 1 aromatic carbocycles. The largest absolute Gasteiger partial charge is 0.396 e. The molecule has 1 fully saturated rings. The summed E-state index contributed by atoms with van der Waals surface area (Å²) in [6, 6.07) is 3.78. The van der Waals surface area contributed by atoms with E-state index in [2.05, 4.69) is 4.90 Å². The first-order chi connectivity index (χ1) is 9.54. The number of aryl methyl sites for hydroxylation is 1. The minimum atomic E-state index is -0.197. The van der Waals surface area contributed by atoms with Gasteiger partial charge in [-0.15, -0.1) is 0 Å². The highest BCUT2D eigenvalue weighted by molar-refractivity contribution is 5.58. The Morgan fingerprint density at radius 2 is 2.15 bits per heavy atom. The maximum atomic E-state index is 13.8. The third kappa shape index (κ3) is 3.13. The van der Waals surface area contributed by atoms with E-state index in [1.54, 1.807) is 13.0 Å². The van der Waals surface area contributed by atoms with Crippen LogP contribution in [0.1, 0.15) is 49.8 Å². The average molecular weight is 280 g/mol. The fourth-order valence-corrected chi connectivity index (χ4v) is 2.73. The van der Waals surface area contributed by atoms with Gasteiger partial charge in [0.2, 0.25) is 0 Å². The monoisotopic (exact) mass is 280 g/mol. The minimum Gasteiger partial charge on any atom is -0.396 e. The highest BCUT2D eigenvalue weighted by Crippen LogP contribution is 2.35. The summed E-state index contributed by atoms with van der Waals surface area (Å²) >= 11 is 0. The molecule has 0 aliphatic heterocycles. The van der Waals surface area contributed by atoms with Crippen LogP contribution in [-0.4, -0.2) is 24.3 Å². The summed E-state index contributed by atoms with van der Waals surface area (Å²) < 4.78 is 13.8. The van der Waals surface area contributed by atoms with Gasteiger partial charge in [-0.1, -0.05) is 0 Å². The van der Waals surface area contributed by atoms with Crippen molar-refractivity contribution >= 4 is 5.69 Å². The molecule has 112 valence electrons. The standard InChI is InChI=1S/C16H25FN2O/c1-11-9-16(14(12(2)18)10-15(11)17)19(7-4-8-20)13-5-3-6-13/h9-10,12-13,20H,3-8,18H2,1-2H3/t12-/m1/s1. The van der Waals surface area contributed by atoms with Gasteiger partial charge in [-0.2, -0.15) is 0 Å². The highest BCUT2D eigenvalue weighted by atomic mass is 19.1. The first kappa shape index (κ1) is 15.3. The Hall–Kier alpha value is -1.13. The van der Waals surface area contributed by atoms with Crippen molar-refractivity contribution < 1.29 is 9.50 Å². The van der Waals surface area contributed by atoms with Crippen molar-refractivity contribution in [1.29, 1.82) is 0 Å². The lowest BCUT2D eigenvalue weighted by Crippen LogP contribution is -2.42. The van der Waals surface area contributed by atoms with E-state index in [-0.39, 0.29) is 18.5 Å². The first-order valence-corrected chi connectivity index (χ1v) is 7.47. The van der Waals surface area contributed by atoms with Gasteiger partial charge in [-0.3, -0.25) is 0 Å². The quantitative estimate of drug-likeness (QED) is 0.842. The molecule has 0 bridgehead atoms. The van der Waals surface area contributed by atoms with Crippen molar-refractivity contribution in [3.8, 4) is 0 Å². The van der Waals surface area contributed by atoms with Crippen LogP contribution >= 0.6 is 0 Å². The first-order valence-electron chi connectivity index (χ1n) is 7.47. The predicted molar refractivity (Wildman–Crippen MR) is 80.4 cm³/mol. The number of benzene rings is 1. The van der Waals surface area contributed by atoms with Gasteiger partial charge in [0.25, 0.3) is 0 Å². The van der Waals surface area contributed by atoms with Crippen LogP contribution < -0.4 is 10.6 Å². The van der Waals surface area contributed by atoms with Crippen LogP contribution in [0.25, 0.3) is 0 Å². The molecule has 1 aliphatic carbocycles. The van der Waals surface area contributed by atoms with Gasteiger partial charge in [-0.05, 0) is 62.8 Å². The Labute approximate surface area is 120 Å². The lowest BCUT2D eigenvalue weighted by atomic mass is 9.89. The molecule has 0 spiro atoms. The third-order valence-corrected chi connectivity index (χ3v) is 4.18. The van der Waals surface area contributed by atoms with Crippen LogP contribution in [0.5, 0.6) is 0 Å². The normalized spacial score (nSPS) is 16.9. The Bertz CT molecular complexity index is 458. The topological polar surface area (TPSA) is 49.5 Å². The minimum absolute atomic E-state index is 0.177. The summed E-state index contributed by atoms with van der Waals surface area (Å²) in [5.74, 6) is -0.197. The molecule has 1 atom stereocenters. The summed E-state index contributed by atoms with van der Waals surface area (Å²) in [4.78, 5) is 2.31. The van der Waals surface area contributed by atoms with Gasteiger partial charge in [0.05, 0.1) is 0 Å². The van der Waals surface area contributed by atoms with E-state index >= 15 is 0 Å². The second-order valence-electron chi connectivity index (χ2n) is 5.80. The zero-order valence-electron chi connectivity index (χ0n) is 12.4. The van der Waals surface area contributed by atoms with Crippen LogP contribution in [0.4, 0.5) is 10.1 Å². The van der Waals surface area contributed by atoms with Crippen LogP contribution in [0.3, 0.4) is 0 Å². The second kappa shape index (κ2) is 6.55. The zero-order valence-corrected chi connectivity index (χ0v) is 12.4. The average Bonchev–Trinajstić information content (AvgIpc) is 2.34. The second-order valence-corrected chi connectivity index (χ2v) is 5.80. The molecule has 1 aromatic rings. The lowest BCUT2D eigenvalue weighted by Gasteiger charge is -2.41. The van der Waals surface area contributed by atoms with Gasteiger partial charge < -0.3 is 15.7 Å². The highest BCUT2D eigenvalue weighted by Gasteiger charge is 2.27. The molecule has 3 N–H and O–H groups in total. The number of anilines is 1. The SMILES string of the molecule is Cc1cc(N(CCCO)C2CCC2)c([C@@H](C)N)cc1F. The lowest BCUT2D eigenvalue weighted by molar-refractivity contribution is 0.283. The van der Waals surface area contributed by atoms with E-state index in [0.717, 1.165) is 24.2 Å². The number of hydrogen-bond donors (Lipinski definition) is 2. The summed E-state index contributed by atoms with van der Waals surface area (Å²) in [6.07, 6.45) is 4.31. The number of halogens is 1. The van der Waals surface area contributed by atoms with Crippen LogP contribution in [0, 0.1) is 12.7 Å². The van der Waals surface area contributed by atoms with E-state index in [4.69, 9.17) is 10.8 Å². The Morgan fingerprint density at radius 1 is 1.45 bits per heavy atom. The molecule has 2 rings (SSSR count). The Morgan fingerprint density at radius 3 is 2.65 bits per heavy atom. The Balaban J connectivity index is 2.37. The molecular weight excluding hydrogens is 255 g/mol. The van der Waals surface area contributed by atoms with Gasteiger partial charge in [0.1, 0.15) is 5.82 Å². The van der Waals surface area contributed by atoms with Crippen molar-refractivity contribution in [3.63, 3.8) is 0 Å². The number of hydrogen-bond acceptors (Lipinski definition) is 3. The molecule has 1 aliphatic rings. The van der Waals surface area contributed by atoms with Crippen molar-refractivity contribution in [2.75, 3.05) is 18.1 Å². The summed E-state index contributed by atoms with van der Waals surface area (Å²) in [5.41, 5.74) is 8.57. The van der Waals surface area contributed by atoms with Gasteiger partial charge in [0, 0.05) is 30.9 Å². The Kier molecular flexibility index (Phi) is 5.00. The molecule has 3 nitrogen and oxygen atoms in total. The molecule has 20 heavy (non-hydrogen) atoms. The van der Waals surface area contributed by atoms with E-state index in [9.17, 15) is 4.39 Å². The van der Waals surface area contributed by atoms with Crippen molar-refractivity contribution in [2.45, 2.75) is 51.6 Å². The van der Waals surface area contributed by atoms with Gasteiger partial charge >= 0.3 is 0 Å². The summed E-state index contributed by atoms with van der Waals surface area (Å²) in [5, 5.41) is 9.10. The fourth-order valence-electron chi connectivity index (χ4n) is 2.73. The van der Waals surface area contributed by atoms with Crippen molar-refractivity contribution in [3.05, 3.63) is 29.1 Å². The summed E-state index contributed by atoms with van der Waals surface area (Å²) in [6.45, 7) is 4.65. The van der Waals surface area contributed by atoms with E-state index in [1.165, 1.54) is 19.3 Å². The smallest absolute Gasteiger partial charge is 0.126 e. The number of nitrogens with zero attached hydrogens (tertiary/aromatic N) is 1. The van der Waals surface area contributed by atoms with E-state index in [0.29, 0.717) is 11.6 Å². The fraction of sp³-hybridized carbons (Fsp3) is 0.625. The molecule has 0 unspecified atom stereocenters. The molecule has 0 radical (unpaired) electrons. The number of aliphatic hydroxyl groups excluding tert-OH is 1. The maximum Gasteiger partial charge on any atom is 0.126 e. The van der Waals surface area contributed by atoms with Crippen molar-refractivity contribution in [2.24, 2.45) is 5.73 Å². The van der Waals surface area contributed by atoms with Crippen LogP contribution in [-0.2, 0) is 0 Å². The van der Waals surface area contributed by atoms with E-state index in [1.807, 2.05) is 13.0 Å². The molecular formula is C16H25FN2O. The predicted octanol–water partition coefficient (Wildman–Crippen LogP) is 2.90. The molecule has 4 heteroatoms. The zero-order chi connectivity index (χ0) is 14.7. The molecule has 0 saturated heterocycles. The van der Waals surface area contributed by atoms with E-state index < -0.39 is 0 Å². The molecule has 0 heterocycles. The van der Waals surface area contributed by atoms with Crippen LogP contribution in [0.15, 0.2) is 12.1 Å². The van der Waals surface area contributed by atoms with Crippen LogP contribution in [0.2, 0.25) is 0 Å². The van der Waals surface area contributed by atoms with Gasteiger partial charge in [0.15, 0.2) is 0 Å². The number of rotatable bonds is 6. The third-order valence-electron chi connectivity index (χ3n) is 4.18. The molecule has 0 aromatic heterocycles. The van der Waals surface area contributed by atoms with Crippen molar-refractivity contribution in [1.82, 2.24) is 0 Å².